The van der Waals surface area contributed by atoms with Gasteiger partial charge in [-0.25, -0.2) is 9.78 Å². The number of nitrogens with zero attached hydrogens (tertiary/aromatic N) is 3. The van der Waals surface area contributed by atoms with Crippen LogP contribution in [0.1, 0.15) is 26.3 Å². The molecule has 0 saturated heterocycles. The number of hydrogen-bond donors (Lipinski definition) is 3. The average Bonchev–Trinajstić information content (AvgIpc) is 2.96. The zero-order valence-electron chi connectivity index (χ0n) is 14.1. The van der Waals surface area contributed by atoms with E-state index in [0.29, 0.717) is 24.5 Å². The van der Waals surface area contributed by atoms with Gasteiger partial charge in [-0.05, 0) is 39.0 Å². The lowest BCUT2D eigenvalue weighted by atomic mass is 10.1. The molecule has 0 spiro atoms. The van der Waals surface area contributed by atoms with Crippen LogP contribution >= 0.6 is 0 Å². The van der Waals surface area contributed by atoms with Gasteiger partial charge in [-0.1, -0.05) is 6.07 Å². The summed E-state index contributed by atoms with van der Waals surface area (Å²) in [5.41, 5.74) is 0.273. The number of nitrogens with one attached hydrogen (secondary N) is 3. The summed E-state index contributed by atoms with van der Waals surface area (Å²) < 4.78 is 1.87. The number of rotatable bonds is 5. The molecule has 0 atom stereocenters. The highest BCUT2D eigenvalue weighted by molar-refractivity contribution is 5.88. The van der Waals surface area contributed by atoms with Crippen LogP contribution in [0, 0.1) is 11.3 Å². The van der Waals surface area contributed by atoms with Gasteiger partial charge in [0.25, 0.3) is 0 Å². The number of nitriles is 1. The van der Waals surface area contributed by atoms with Crippen molar-refractivity contribution in [1.82, 2.24) is 14.9 Å². The summed E-state index contributed by atoms with van der Waals surface area (Å²) in [5, 5.41) is 17.7. The number of carbonyl (C=O) groups excluding carboxylic acids is 1. The molecule has 24 heavy (non-hydrogen) atoms. The Morgan fingerprint density at radius 3 is 2.75 bits per heavy atom. The molecule has 2 heterocycles. The lowest BCUT2D eigenvalue weighted by molar-refractivity contribution is 0.252. The molecule has 0 bridgehead atoms. The highest BCUT2D eigenvalue weighted by atomic mass is 16.2. The summed E-state index contributed by atoms with van der Waals surface area (Å²) in [6, 6.07) is 9.04. The highest BCUT2D eigenvalue weighted by Gasteiger charge is 2.19. The lowest BCUT2D eigenvalue weighted by Gasteiger charge is -2.24. The molecule has 2 rings (SSSR count). The van der Waals surface area contributed by atoms with Crippen molar-refractivity contribution in [2.75, 3.05) is 23.7 Å². The SMILES string of the molecule is CC(C)(C)n1cc(C#N)cc1NC(=O)NCCNc1ccccn1. The van der Waals surface area contributed by atoms with Crippen molar-refractivity contribution in [2.45, 2.75) is 26.3 Å². The maximum absolute atomic E-state index is 12.0. The van der Waals surface area contributed by atoms with Gasteiger partial charge in [0.2, 0.25) is 0 Å². The van der Waals surface area contributed by atoms with E-state index in [-0.39, 0.29) is 11.6 Å². The average molecular weight is 326 g/mol. The van der Waals surface area contributed by atoms with Gasteiger partial charge in [0.05, 0.1) is 5.56 Å². The molecule has 7 nitrogen and oxygen atoms in total. The molecule has 0 saturated carbocycles. The third kappa shape index (κ3) is 4.74. The maximum atomic E-state index is 12.0. The monoisotopic (exact) mass is 326 g/mol. The molecule has 3 N–H and O–H groups in total. The number of hydrogen-bond acceptors (Lipinski definition) is 4. The van der Waals surface area contributed by atoms with Crippen LogP contribution in [0.5, 0.6) is 0 Å². The van der Waals surface area contributed by atoms with Crippen LogP contribution in [-0.2, 0) is 5.54 Å². The number of carbonyl (C=O) groups is 1. The minimum Gasteiger partial charge on any atom is -0.368 e. The fourth-order valence-electron chi connectivity index (χ4n) is 2.17. The molecule has 126 valence electrons. The van der Waals surface area contributed by atoms with Gasteiger partial charge >= 0.3 is 6.03 Å². The number of aromatic nitrogens is 2. The Labute approximate surface area is 141 Å². The minimum absolute atomic E-state index is 0.238. The van der Waals surface area contributed by atoms with E-state index in [1.165, 1.54) is 0 Å². The first-order chi connectivity index (χ1) is 11.4. The van der Waals surface area contributed by atoms with Crippen LogP contribution in [0.25, 0.3) is 0 Å². The van der Waals surface area contributed by atoms with E-state index in [4.69, 9.17) is 5.26 Å². The van der Waals surface area contributed by atoms with Gasteiger partial charge in [-0.15, -0.1) is 0 Å². The summed E-state index contributed by atoms with van der Waals surface area (Å²) in [4.78, 5) is 16.2. The quantitative estimate of drug-likeness (QED) is 0.736. The van der Waals surface area contributed by atoms with E-state index in [1.54, 1.807) is 18.5 Å². The molecule has 0 aliphatic heterocycles. The molecule has 2 aromatic heterocycles. The Kier molecular flexibility index (Phi) is 5.42. The van der Waals surface area contributed by atoms with Crippen LogP contribution in [0.2, 0.25) is 0 Å². The summed E-state index contributed by atoms with van der Waals surface area (Å²) in [6.07, 6.45) is 3.44. The Morgan fingerprint density at radius 1 is 1.33 bits per heavy atom. The summed E-state index contributed by atoms with van der Waals surface area (Å²) in [6.45, 7) is 7.04. The number of amides is 2. The van der Waals surface area contributed by atoms with E-state index in [0.717, 1.165) is 5.82 Å². The van der Waals surface area contributed by atoms with Gasteiger partial charge in [0.15, 0.2) is 0 Å². The van der Waals surface area contributed by atoms with E-state index in [1.807, 2.05) is 43.5 Å². The van der Waals surface area contributed by atoms with Crippen molar-refractivity contribution in [2.24, 2.45) is 0 Å². The fraction of sp³-hybridized carbons (Fsp3) is 0.353. The largest absolute Gasteiger partial charge is 0.368 e. The van der Waals surface area contributed by atoms with Crippen LogP contribution in [0.15, 0.2) is 36.7 Å². The zero-order chi connectivity index (χ0) is 17.6. The third-order valence-electron chi connectivity index (χ3n) is 3.29. The fourth-order valence-corrected chi connectivity index (χ4v) is 2.17. The molecule has 0 radical (unpaired) electrons. The molecule has 0 aliphatic rings. The predicted molar refractivity (Wildman–Crippen MR) is 93.9 cm³/mol. The van der Waals surface area contributed by atoms with Crippen LogP contribution in [0.4, 0.5) is 16.4 Å². The van der Waals surface area contributed by atoms with Crippen molar-refractivity contribution in [1.29, 1.82) is 5.26 Å². The molecule has 2 amide bonds. The molecular weight excluding hydrogens is 304 g/mol. The Hall–Kier alpha value is -3.01. The summed E-state index contributed by atoms with van der Waals surface area (Å²) in [7, 11) is 0. The van der Waals surface area contributed by atoms with E-state index in [9.17, 15) is 4.79 Å². The topological polar surface area (TPSA) is 94.8 Å². The Morgan fingerprint density at radius 2 is 2.12 bits per heavy atom. The second-order valence-electron chi connectivity index (χ2n) is 6.29. The van der Waals surface area contributed by atoms with Gasteiger partial charge in [-0.3, -0.25) is 5.32 Å². The standard InChI is InChI=1S/C17H22N6O/c1-17(2,3)23-12-13(11-18)10-15(23)22-16(24)21-9-8-20-14-6-4-5-7-19-14/h4-7,10,12H,8-9H2,1-3H3,(H,19,20)(H2,21,22,24). The highest BCUT2D eigenvalue weighted by Crippen LogP contribution is 2.23. The van der Waals surface area contributed by atoms with Crippen molar-refractivity contribution in [3.8, 4) is 6.07 Å². The molecular formula is C17H22N6O. The second-order valence-corrected chi connectivity index (χ2v) is 6.29. The second kappa shape index (κ2) is 7.51. The first-order valence-electron chi connectivity index (χ1n) is 7.73. The Balaban J connectivity index is 1.86. The molecule has 0 fully saturated rings. The van der Waals surface area contributed by atoms with E-state index < -0.39 is 0 Å². The molecule has 0 aliphatic carbocycles. The van der Waals surface area contributed by atoms with Crippen molar-refractivity contribution < 1.29 is 4.79 Å². The van der Waals surface area contributed by atoms with Crippen LogP contribution in [-0.4, -0.2) is 28.7 Å². The first-order valence-corrected chi connectivity index (χ1v) is 7.73. The van der Waals surface area contributed by atoms with Crippen molar-refractivity contribution >= 4 is 17.7 Å². The van der Waals surface area contributed by atoms with Crippen molar-refractivity contribution in [3.05, 3.63) is 42.2 Å². The number of pyridine rings is 1. The molecule has 2 aromatic rings. The molecule has 0 aromatic carbocycles. The Bertz CT molecular complexity index is 724. The van der Waals surface area contributed by atoms with Gasteiger partial charge in [0.1, 0.15) is 17.7 Å². The van der Waals surface area contributed by atoms with Crippen LogP contribution in [0.3, 0.4) is 0 Å². The summed E-state index contributed by atoms with van der Waals surface area (Å²) >= 11 is 0. The van der Waals surface area contributed by atoms with E-state index in [2.05, 4.69) is 27.0 Å². The molecule has 7 heteroatoms. The normalized spacial score (nSPS) is 10.8. The minimum atomic E-state index is -0.314. The smallest absolute Gasteiger partial charge is 0.320 e. The number of anilines is 2. The van der Waals surface area contributed by atoms with Crippen molar-refractivity contribution in [3.63, 3.8) is 0 Å². The maximum Gasteiger partial charge on any atom is 0.320 e. The first kappa shape index (κ1) is 17.3. The van der Waals surface area contributed by atoms with Crippen LogP contribution < -0.4 is 16.0 Å². The van der Waals surface area contributed by atoms with Gasteiger partial charge in [0, 0.05) is 31.0 Å². The van der Waals surface area contributed by atoms with Gasteiger partial charge < -0.3 is 15.2 Å². The van der Waals surface area contributed by atoms with Gasteiger partial charge in [-0.2, -0.15) is 5.26 Å². The van der Waals surface area contributed by atoms with E-state index >= 15 is 0 Å². The zero-order valence-corrected chi connectivity index (χ0v) is 14.1. The third-order valence-corrected chi connectivity index (χ3v) is 3.29. The summed E-state index contributed by atoms with van der Waals surface area (Å²) in [5.74, 6) is 1.36. The molecule has 0 unspecified atom stereocenters. The lowest BCUT2D eigenvalue weighted by Crippen LogP contribution is -2.34. The number of urea groups is 1. The predicted octanol–water partition coefficient (Wildman–Crippen LogP) is 2.74.